The first-order chi connectivity index (χ1) is 10.1. The van der Waals surface area contributed by atoms with Crippen LogP contribution < -0.4 is 10.1 Å². The Morgan fingerprint density at radius 1 is 1.24 bits per heavy atom. The van der Waals surface area contributed by atoms with Gasteiger partial charge in [0, 0.05) is 0 Å². The van der Waals surface area contributed by atoms with Gasteiger partial charge in [0.25, 0.3) is 0 Å². The van der Waals surface area contributed by atoms with Crippen molar-refractivity contribution in [3.63, 3.8) is 0 Å². The molecule has 5 nitrogen and oxygen atoms in total. The van der Waals surface area contributed by atoms with Crippen LogP contribution in [0.1, 0.15) is 30.2 Å². The largest absolute Gasteiger partial charge is 0.489 e. The Balaban J connectivity index is 2.03. The molecule has 2 rings (SSSR count). The predicted molar refractivity (Wildman–Crippen MR) is 79.6 cm³/mol. The quantitative estimate of drug-likeness (QED) is 0.825. The van der Waals surface area contributed by atoms with Crippen LogP contribution in [0.5, 0.6) is 5.75 Å². The minimum Gasteiger partial charge on any atom is -0.489 e. The van der Waals surface area contributed by atoms with Crippen LogP contribution in [-0.4, -0.2) is 19.2 Å². The Hall–Kier alpha value is -2.43. The molecule has 112 valence electrons. The summed E-state index contributed by atoms with van der Waals surface area (Å²) >= 11 is 0. The van der Waals surface area contributed by atoms with E-state index in [2.05, 4.69) is 10.1 Å². The van der Waals surface area contributed by atoms with Gasteiger partial charge in [0.15, 0.2) is 0 Å². The Morgan fingerprint density at radius 3 is 2.71 bits per heavy atom. The Bertz CT molecular complexity index is 604. The number of ether oxygens (including phenoxy) is 2. The normalized spacial score (nSPS) is 10.5. The van der Waals surface area contributed by atoms with Crippen molar-refractivity contribution >= 4 is 11.7 Å². The number of furan rings is 1. The van der Waals surface area contributed by atoms with E-state index in [1.54, 1.807) is 12.1 Å². The molecule has 1 aromatic heterocycles. The Kier molecular flexibility index (Phi) is 4.87. The molecule has 21 heavy (non-hydrogen) atoms. The van der Waals surface area contributed by atoms with E-state index in [9.17, 15) is 4.79 Å². The lowest BCUT2D eigenvalue weighted by Crippen LogP contribution is -2.08. The van der Waals surface area contributed by atoms with Crippen LogP contribution in [0.4, 0.5) is 5.69 Å². The van der Waals surface area contributed by atoms with E-state index in [0.29, 0.717) is 12.3 Å². The first-order valence-electron chi connectivity index (χ1n) is 6.76. The van der Waals surface area contributed by atoms with E-state index in [-0.39, 0.29) is 11.9 Å². The second-order valence-corrected chi connectivity index (χ2v) is 4.77. The third-order valence-corrected chi connectivity index (χ3v) is 2.75. The number of methoxy groups -OCH3 is 1. The third kappa shape index (κ3) is 4.02. The molecule has 1 N–H and O–H groups in total. The summed E-state index contributed by atoms with van der Waals surface area (Å²) in [5.41, 5.74) is 0.877. The highest BCUT2D eigenvalue weighted by Crippen LogP contribution is 2.25. The van der Waals surface area contributed by atoms with Gasteiger partial charge in [-0.25, -0.2) is 4.79 Å². The number of esters is 1. The van der Waals surface area contributed by atoms with Crippen molar-refractivity contribution in [3.8, 4) is 5.75 Å². The van der Waals surface area contributed by atoms with Crippen molar-refractivity contribution in [1.29, 1.82) is 0 Å². The fourth-order valence-corrected chi connectivity index (χ4v) is 1.83. The maximum absolute atomic E-state index is 11.3. The van der Waals surface area contributed by atoms with Crippen LogP contribution in [0.15, 0.2) is 40.8 Å². The first-order valence-corrected chi connectivity index (χ1v) is 6.76. The lowest BCUT2D eigenvalue weighted by atomic mass is 10.3. The van der Waals surface area contributed by atoms with E-state index in [0.717, 1.165) is 11.4 Å². The molecule has 0 saturated heterocycles. The standard InChI is InChI=1S/C16H19NO4/c1-11(2)20-14-7-5-4-6-13(14)17-10-12-8-9-15(21-12)16(18)19-3/h4-9,11,17H,10H2,1-3H3. The second kappa shape index (κ2) is 6.83. The molecule has 0 atom stereocenters. The lowest BCUT2D eigenvalue weighted by molar-refractivity contribution is 0.0563. The Labute approximate surface area is 123 Å². The topological polar surface area (TPSA) is 60.7 Å². The maximum atomic E-state index is 11.3. The van der Waals surface area contributed by atoms with Gasteiger partial charge < -0.3 is 19.2 Å². The van der Waals surface area contributed by atoms with Gasteiger partial charge in [-0.1, -0.05) is 12.1 Å². The Morgan fingerprint density at radius 2 is 2.00 bits per heavy atom. The van der Waals surface area contributed by atoms with Gasteiger partial charge in [0.1, 0.15) is 11.5 Å². The SMILES string of the molecule is COC(=O)c1ccc(CNc2ccccc2OC(C)C)o1. The molecule has 0 bridgehead atoms. The number of hydrogen-bond acceptors (Lipinski definition) is 5. The molecule has 0 spiro atoms. The molecule has 5 heteroatoms. The summed E-state index contributed by atoms with van der Waals surface area (Å²) in [6.45, 7) is 4.41. The van der Waals surface area contributed by atoms with E-state index < -0.39 is 5.97 Å². The smallest absolute Gasteiger partial charge is 0.373 e. The molecule has 0 unspecified atom stereocenters. The number of hydrogen-bond donors (Lipinski definition) is 1. The van der Waals surface area contributed by atoms with Crippen LogP contribution in [0.2, 0.25) is 0 Å². The van der Waals surface area contributed by atoms with Crippen molar-refractivity contribution < 1.29 is 18.7 Å². The van der Waals surface area contributed by atoms with Gasteiger partial charge >= 0.3 is 5.97 Å². The van der Waals surface area contributed by atoms with Crippen molar-refractivity contribution in [2.45, 2.75) is 26.5 Å². The van der Waals surface area contributed by atoms with Crippen LogP contribution in [-0.2, 0) is 11.3 Å². The summed E-state index contributed by atoms with van der Waals surface area (Å²) in [6, 6.07) is 11.0. The molecule has 0 fully saturated rings. The molecule has 0 saturated carbocycles. The highest BCUT2D eigenvalue weighted by atomic mass is 16.5. The summed E-state index contributed by atoms with van der Waals surface area (Å²) in [7, 11) is 1.32. The number of para-hydroxylation sites is 2. The van der Waals surface area contributed by atoms with E-state index in [1.807, 2.05) is 38.1 Å². The summed E-state index contributed by atoms with van der Waals surface area (Å²) in [5, 5.41) is 3.23. The van der Waals surface area contributed by atoms with E-state index in [1.165, 1.54) is 7.11 Å². The third-order valence-electron chi connectivity index (χ3n) is 2.75. The summed E-state index contributed by atoms with van der Waals surface area (Å²) < 4.78 is 15.7. The molecule has 0 radical (unpaired) electrons. The molecule has 0 aliphatic rings. The van der Waals surface area contributed by atoms with Crippen LogP contribution >= 0.6 is 0 Å². The van der Waals surface area contributed by atoms with Gasteiger partial charge in [-0.05, 0) is 38.1 Å². The number of carbonyl (C=O) groups is 1. The minimum absolute atomic E-state index is 0.0995. The zero-order valence-corrected chi connectivity index (χ0v) is 12.4. The van der Waals surface area contributed by atoms with Crippen molar-refractivity contribution in [1.82, 2.24) is 0 Å². The molecule has 2 aromatic rings. The fraction of sp³-hybridized carbons (Fsp3) is 0.312. The summed E-state index contributed by atoms with van der Waals surface area (Å²) in [6.07, 6.45) is 0.0995. The van der Waals surface area contributed by atoms with Gasteiger partial charge in [0.2, 0.25) is 5.76 Å². The monoisotopic (exact) mass is 289 g/mol. The summed E-state index contributed by atoms with van der Waals surface area (Å²) in [5.74, 6) is 1.15. The predicted octanol–water partition coefficient (Wildman–Crippen LogP) is 3.47. The highest BCUT2D eigenvalue weighted by molar-refractivity contribution is 5.86. The number of rotatable bonds is 6. The molecule has 0 amide bonds. The lowest BCUT2D eigenvalue weighted by Gasteiger charge is -2.14. The number of nitrogens with one attached hydrogen (secondary N) is 1. The first kappa shape index (κ1) is 15.0. The van der Waals surface area contributed by atoms with E-state index in [4.69, 9.17) is 9.15 Å². The molecule has 1 aromatic carbocycles. The minimum atomic E-state index is -0.482. The second-order valence-electron chi connectivity index (χ2n) is 4.77. The molecular formula is C16H19NO4. The number of anilines is 1. The van der Waals surface area contributed by atoms with Crippen molar-refractivity contribution in [3.05, 3.63) is 47.9 Å². The molecular weight excluding hydrogens is 270 g/mol. The van der Waals surface area contributed by atoms with Gasteiger partial charge in [-0.3, -0.25) is 0 Å². The van der Waals surface area contributed by atoms with Crippen LogP contribution in [0.3, 0.4) is 0 Å². The van der Waals surface area contributed by atoms with Crippen LogP contribution in [0, 0.1) is 0 Å². The zero-order chi connectivity index (χ0) is 15.2. The van der Waals surface area contributed by atoms with Gasteiger partial charge in [0.05, 0.1) is 25.4 Å². The average molecular weight is 289 g/mol. The highest BCUT2D eigenvalue weighted by Gasteiger charge is 2.11. The molecule has 0 aliphatic carbocycles. The number of carbonyl (C=O) groups excluding carboxylic acids is 1. The van der Waals surface area contributed by atoms with Crippen molar-refractivity contribution in [2.24, 2.45) is 0 Å². The van der Waals surface area contributed by atoms with Crippen LogP contribution in [0.25, 0.3) is 0 Å². The summed E-state index contributed by atoms with van der Waals surface area (Å²) in [4.78, 5) is 11.3. The van der Waals surface area contributed by atoms with Crippen molar-refractivity contribution in [2.75, 3.05) is 12.4 Å². The number of benzene rings is 1. The molecule has 1 heterocycles. The molecule has 0 aliphatic heterocycles. The van der Waals surface area contributed by atoms with Gasteiger partial charge in [-0.2, -0.15) is 0 Å². The van der Waals surface area contributed by atoms with E-state index >= 15 is 0 Å². The van der Waals surface area contributed by atoms with Gasteiger partial charge in [-0.15, -0.1) is 0 Å². The maximum Gasteiger partial charge on any atom is 0.373 e. The zero-order valence-electron chi connectivity index (χ0n) is 12.4. The average Bonchev–Trinajstić information content (AvgIpc) is 2.94. The fourth-order valence-electron chi connectivity index (χ4n) is 1.83.